The molecule has 2 aromatic rings. The standard InChI is InChI=1S/C16H20N4O2S2/c1-12(14(21)18-16-17-4-10-24-16)19-5-2-6-20(8-7-19)15(22)13-3-9-23-11-13/h3-4,9-12H,2,5-8H2,1H3,(H,17,18,21). The number of amides is 2. The van der Waals surface area contributed by atoms with Crippen LogP contribution < -0.4 is 5.32 Å². The number of nitrogens with zero attached hydrogens (tertiary/aromatic N) is 3. The van der Waals surface area contributed by atoms with Crippen molar-refractivity contribution in [2.75, 3.05) is 31.5 Å². The summed E-state index contributed by atoms with van der Waals surface area (Å²) in [4.78, 5) is 32.9. The van der Waals surface area contributed by atoms with Crippen molar-refractivity contribution in [1.29, 1.82) is 0 Å². The van der Waals surface area contributed by atoms with Crippen LogP contribution >= 0.6 is 22.7 Å². The summed E-state index contributed by atoms with van der Waals surface area (Å²) < 4.78 is 0. The van der Waals surface area contributed by atoms with Gasteiger partial charge in [0.15, 0.2) is 5.13 Å². The molecule has 0 aromatic carbocycles. The molecule has 8 heteroatoms. The lowest BCUT2D eigenvalue weighted by atomic mass is 10.2. The van der Waals surface area contributed by atoms with Gasteiger partial charge in [-0.3, -0.25) is 14.5 Å². The largest absolute Gasteiger partial charge is 0.337 e. The van der Waals surface area contributed by atoms with E-state index in [0.29, 0.717) is 18.2 Å². The highest BCUT2D eigenvalue weighted by atomic mass is 32.1. The van der Waals surface area contributed by atoms with Crippen LogP contribution in [0.3, 0.4) is 0 Å². The number of aromatic nitrogens is 1. The molecule has 1 fully saturated rings. The molecule has 128 valence electrons. The number of carbonyl (C=O) groups is 2. The van der Waals surface area contributed by atoms with Gasteiger partial charge in [-0.25, -0.2) is 4.98 Å². The number of thiazole rings is 1. The molecule has 0 spiro atoms. The highest BCUT2D eigenvalue weighted by Gasteiger charge is 2.26. The average molecular weight is 364 g/mol. The van der Waals surface area contributed by atoms with Gasteiger partial charge in [-0.05, 0) is 24.8 Å². The lowest BCUT2D eigenvalue weighted by Crippen LogP contribution is -2.44. The minimum absolute atomic E-state index is 0.0532. The molecule has 1 atom stereocenters. The summed E-state index contributed by atoms with van der Waals surface area (Å²) in [6, 6.07) is 1.62. The first-order chi connectivity index (χ1) is 11.6. The van der Waals surface area contributed by atoms with Crippen LogP contribution in [0.1, 0.15) is 23.7 Å². The van der Waals surface area contributed by atoms with Crippen molar-refractivity contribution in [2.24, 2.45) is 0 Å². The fourth-order valence-electron chi connectivity index (χ4n) is 2.76. The molecule has 6 nitrogen and oxygen atoms in total. The Bertz CT molecular complexity index is 672. The average Bonchev–Trinajstić information content (AvgIpc) is 3.23. The fourth-order valence-corrected chi connectivity index (χ4v) is 3.92. The zero-order chi connectivity index (χ0) is 16.9. The third kappa shape index (κ3) is 4.00. The SMILES string of the molecule is CC(C(=O)Nc1nccs1)N1CCCN(C(=O)c2ccsc2)CC1. The van der Waals surface area contributed by atoms with E-state index in [0.717, 1.165) is 25.1 Å². The highest BCUT2D eigenvalue weighted by Crippen LogP contribution is 2.15. The second kappa shape index (κ2) is 7.87. The van der Waals surface area contributed by atoms with Crippen LogP contribution in [0.15, 0.2) is 28.4 Å². The molecule has 0 saturated carbocycles. The van der Waals surface area contributed by atoms with E-state index in [1.807, 2.05) is 34.0 Å². The van der Waals surface area contributed by atoms with Crippen molar-refractivity contribution in [2.45, 2.75) is 19.4 Å². The van der Waals surface area contributed by atoms with Crippen LogP contribution in [0.5, 0.6) is 0 Å². The summed E-state index contributed by atoms with van der Waals surface area (Å²) in [5.74, 6) is 0.0283. The van der Waals surface area contributed by atoms with Crippen LogP contribution in [0.25, 0.3) is 0 Å². The van der Waals surface area contributed by atoms with Crippen LogP contribution in [-0.2, 0) is 4.79 Å². The van der Waals surface area contributed by atoms with E-state index < -0.39 is 0 Å². The van der Waals surface area contributed by atoms with Crippen LogP contribution in [0, 0.1) is 0 Å². The maximum absolute atomic E-state index is 12.5. The molecular formula is C16H20N4O2S2. The first-order valence-electron chi connectivity index (χ1n) is 7.91. The van der Waals surface area contributed by atoms with Crippen molar-refractivity contribution in [3.8, 4) is 0 Å². The molecule has 3 heterocycles. The van der Waals surface area contributed by atoms with Gasteiger partial charge in [0.2, 0.25) is 5.91 Å². The highest BCUT2D eigenvalue weighted by molar-refractivity contribution is 7.13. The molecule has 1 aliphatic heterocycles. The molecule has 2 aromatic heterocycles. The number of hydrogen-bond acceptors (Lipinski definition) is 6. The van der Waals surface area contributed by atoms with E-state index in [9.17, 15) is 9.59 Å². The molecule has 24 heavy (non-hydrogen) atoms. The van der Waals surface area contributed by atoms with Gasteiger partial charge in [0.1, 0.15) is 0 Å². The molecule has 3 rings (SSSR count). The van der Waals surface area contributed by atoms with E-state index in [1.165, 1.54) is 22.7 Å². The number of nitrogens with one attached hydrogen (secondary N) is 1. The zero-order valence-electron chi connectivity index (χ0n) is 13.5. The first-order valence-corrected chi connectivity index (χ1v) is 9.73. The Kier molecular flexibility index (Phi) is 5.60. The normalized spacial score (nSPS) is 17.3. The van der Waals surface area contributed by atoms with Gasteiger partial charge < -0.3 is 10.2 Å². The van der Waals surface area contributed by atoms with Gasteiger partial charge in [0.25, 0.3) is 5.91 Å². The molecule has 0 aliphatic carbocycles. The smallest absolute Gasteiger partial charge is 0.254 e. The van der Waals surface area contributed by atoms with Gasteiger partial charge in [0, 0.05) is 43.1 Å². The Hall–Kier alpha value is -1.77. The molecule has 0 radical (unpaired) electrons. The molecule has 1 saturated heterocycles. The third-order valence-electron chi connectivity index (χ3n) is 4.18. The van der Waals surface area contributed by atoms with Crippen LogP contribution in [0.2, 0.25) is 0 Å². The summed E-state index contributed by atoms with van der Waals surface area (Å²) in [5.41, 5.74) is 0.753. The quantitative estimate of drug-likeness (QED) is 0.905. The van der Waals surface area contributed by atoms with Gasteiger partial charge in [-0.15, -0.1) is 11.3 Å². The lowest BCUT2D eigenvalue weighted by Gasteiger charge is -2.26. The van der Waals surface area contributed by atoms with Crippen LogP contribution in [0.4, 0.5) is 5.13 Å². The maximum Gasteiger partial charge on any atom is 0.254 e. The molecule has 1 N–H and O–H groups in total. The zero-order valence-corrected chi connectivity index (χ0v) is 15.1. The third-order valence-corrected chi connectivity index (χ3v) is 5.55. The Balaban J connectivity index is 1.56. The predicted octanol–water partition coefficient (Wildman–Crippen LogP) is 2.38. The summed E-state index contributed by atoms with van der Waals surface area (Å²) in [7, 11) is 0. The van der Waals surface area contributed by atoms with E-state index in [-0.39, 0.29) is 17.9 Å². The summed E-state index contributed by atoms with van der Waals surface area (Å²) in [6.07, 6.45) is 2.54. The van der Waals surface area contributed by atoms with Gasteiger partial charge in [-0.1, -0.05) is 0 Å². The monoisotopic (exact) mass is 364 g/mol. The van der Waals surface area contributed by atoms with Crippen molar-refractivity contribution >= 4 is 39.6 Å². The summed E-state index contributed by atoms with van der Waals surface area (Å²) in [6.45, 7) is 4.77. The number of thiophene rings is 1. The molecular weight excluding hydrogens is 344 g/mol. The minimum Gasteiger partial charge on any atom is -0.337 e. The fraction of sp³-hybridized carbons (Fsp3) is 0.438. The number of hydrogen-bond donors (Lipinski definition) is 1. The molecule has 2 amide bonds. The summed E-state index contributed by atoms with van der Waals surface area (Å²) in [5, 5.41) is 9.10. The number of anilines is 1. The molecule has 0 bridgehead atoms. The van der Waals surface area contributed by atoms with Gasteiger partial charge in [0.05, 0.1) is 11.6 Å². The van der Waals surface area contributed by atoms with Crippen molar-refractivity contribution in [3.05, 3.63) is 34.0 Å². The van der Waals surface area contributed by atoms with Crippen molar-refractivity contribution in [1.82, 2.24) is 14.8 Å². The van der Waals surface area contributed by atoms with E-state index in [2.05, 4.69) is 15.2 Å². The Labute approximate surface area is 149 Å². The maximum atomic E-state index is 12.5. The lowest BCUT2D eigenvalue weighted by molar-refractivity contribution is -0.120. The topological polar surface area (TPSA) is 65.5 Å². The van der Waals surface area contributed by atoms with Gasteiger partial charge >= 0.3 is 0 Å². The molecule has 1 unspecified atom stereocenters. The summed E-state index contributed by atoms with van der Waals surface area (Å²) >= 11 is 2.94. The van der Waals surface area contributed by atoms with Crippen molar-refractivity contribution < 1.29 is 9.59 Å². The Morgan fingerprint density at radius 2 is 2.12 bits per heavy atom. The minimum atomic E-state index is -0.245. The van der Waals surface area contributed by atoms with E-state index in [4.69, 9.17) is 0 Å². The van der Waals surface area contributed by atoms with Crippen molar-refractivity contribution in [3.63, 3.8) is 0 Å². The predicted molar refractivity (Wildman–Crippen MR) is 96.6 cm³/mol. The number of rotatable bonds is 4. The molecule has 1 aliphatic rings. The second-order valence-corrected chi connectivity index (χ2v) is 7.37. The second-order valence-electron chi connectivity index (χ2n) is 5.70. The first kappa shape index (κ1) is 17.1. The van der Waals surface area contributed by atoms with Crippen LogP contribution in [-0.4, -0.2) is 58.8 Å². The Morgan fingerprint density at radius 3 is 2.83 bits per heavy atom. The van der Waals surface area contributed by atoms with E-state index in [1.54, 1.807) is 6.20 Å². The van der Waals surface area contributed by atoms with E-state index >= 15 is 0 Å². The number of carbonyl (C=O) groups excluding carboxylic acids is 2. The van der Waals surface area contributed by atoms with Gasteiger partial charge in [-0.2, -0.15) is 11.3 Å². The Morgan fingerprint density at radius 1 is 1.25 bits per heavy atom.